The fourth-order valence-electron chi connectivity index (χ4n) is 2.03. The van der Waals surface area contributed by atoms with E-state index in [1.807, 2.05) is 26.8 Å². The van der Waals surface area contributed by atoms with Crippen molar-refractivity contribution in [3.8, 4) is 0 Å². The molecule has 1 amide bonds. The number of carbonyl (C=O) groups is 2. The number of nitrogens with zero attached hydrogens (tertiary/aromatic N) is 4. The average Bonchev–Trinajstić information content (AvgIpc) is 2.82. The highest BCUT2D eigenvalue weighted by molar-refractivity contribution is 5.93. The topological polar surface area (TPSA) is 109 Å². The van der Waals surface area contributed by atoms with Crippen molar-refractivity contribution >= 4 is 17.7 Å². The molecule has 0 saturated carbocycles. The minimum Gasteiger partial charge on any atom is -0.480 e. The fourth-order valence-corrected chi connectivity index (χ4v) is 2.03. The highest BCUT2D eigenvalue weighted by Gasteiger charge is 2.22. The van der Waals surface area contributed by atoms with Gasteiger partial charge >= 0.3 is 5.97 Å². The predicted octanol–water partition coefficient (Wildman–Crippen LogP) is 0.724. The zero-order chi connectivity index (χ0) is 15.6. The Balaban J connectivity index is 2.27. The van der Waals surface area contributed by atoms with Gasteiger partial charge in [0.15, 0.2) is 0 Å². The van der Waals surface area contributed by atoms with Crippen molar-refractivity contribution in [1.82, 2.24) is 24.9 Å². The number of aromatic nitrogens is 4. The molecule has 0 bridgehead atoms. The summed E-state index contributed by atoms with van der Waals surface area (Å²) in [5.74, 6) is -1.45. The van der Waals surface area contributed by atoms with Crippen LogP contribution in [0.4, 0.5) is 0 Å². The van der Waals surface area contributed by atoms with Gasteiger partial charge in [-0.25, -0.2) is 14.3 Å². The van der Waals surface area contributed by atoms with E-state index >= 15 is 0 Å². The van der Waals surface area contributed by atoms with Crippen LogP contribution in [0.5, 0.6) is 0 Å². The molecule has 0 aromatic carbocycles. The first-order chi connectivity index (χ1) is 9.92. The summed E-state index contributed by atoms with van der Waals surface area (Å²) in [6.45, 7) is 5.50. The second kappa shape index (κ2) is 5.86. The van der Waals surface area contributed by atoms with Crippen molar-refractivity contribution in [1.29, 1.82) is 0 Å². The van der Waals surface area contributed by atoms with Crippen molar-refractivity contribution in [2.24, 2.45) is 0 Å². The minimum atomic E-state index is -1.07. The van der Waals surface area contributed by atoms with Gasteiger partial charge in [-0.2, -0.15) is 4.98 Å². The number of carboxylic acids is 1. The van der Waals surface area contributed by atoms with Gasteiger partial charge in [0.1, 0.15) is 6.04 Å². The highest BCUT2D eigenvalue weighted by Crippen LogP contribution is 2.06. The summed E-state index contributed by atoms with van der Waals surface area (Å²) in [6, 6.07) is 0.880. The summed E-state index contributed by atoms with van der Waals surface area (Å²) in [5.41, 5.74) is 1.57. The summed E-state index contributed by atoms with van der Waals surface area (Å²) in [6.07, 6.45) is 1.00. The van der Waals surface area contributed by atoms with Crippen LogP contribution in [-0.2, 0) is 4.79 Å². The average molecular weight is 291 g/mol. The van der Waals surface area contributed by atoms with Gasteiger partial charge in [0, 0.05) is 11.4 Å². The molecule has 2 N–H and O–H groups in total. The predicted molar refractivity (Wildman–Crippen MR) is 74.1 cm³/mol. The number of nitrogens with one attached hydrogen (secondary N) is 1. The van der Waals surface area contributed by atoms with Gasteiger partial charge in [0.25, 0.3) is 11.7 Å². The fraction of sp³-hybridized carbons (Fsp3) is 0.462. The molecule has 2 rings (SSSR count). The van der Waals surface area contributed by atoms with E-state index < -0.39 is 17.9 Å². The molecule has 2 aromatic rings. The molecule has 8 heteroatoms. The second-order valence-corrected chi connectivity index (χ2v) is 4.84. The quantitative estimate of drug-likeness (QED) is 0.840. The third-order valence-electron chi connectivity index (χ3n) is 3.00. The number of amides is 1. The Labute approximate surface area is 121 Å². The lowest BCUT2D eigenvalue weighted by Crippen LogP contribution is -2.41. The number of carbonyl (C=O) groups excluding carboxylic acids is 1. The second-order valence-electron chi connectivity index (χ2n) is 4.84. The van der Waals surface area contributed by atoms with Gasteiger partial charge in [0.05, 0.1) is 0 Å². The van der Waals surface area contributed by atoms with Crippen LogP contribution in [0.25, 0.3) is 5.78 Å². The first kappa shape index (κ1) is 14.9. The molecule has 0 aliphatic rings. The van der Waals surface area contributed by atoms with E-state index in [1.54, 1.807) is 0 Å². The maximum absolute atomic E-state index is 12.1. The van der Waals surface area contributed by atoms with Crippen LogP contribution in [0.3, 0.4) is 0 Å². The zero-order valence-corrected chi connectivity index (χ0v) is 12.1. The number of hydrogen-bond acceptors (Lipinski definition) is 5. The molecular formula is C13H17N5O3. The summed E-state index contributed by atoms with van der Waals surface area (Å²) in [7, 11) is 0. The third-order valence-corrected chi connectivity index (χ3v) is 3.00. The van der Waals surface area contributed by atoms with Crippen LogP contribution >= 0.6 is 0 Å². The Morgan fingerprint density at radius 2 is 2.10 bits per heavy atom. The third kappa shape index (κ3) is 3.15. The van der Waals surface area contributed by atoms with E-state index in [1.165, 1.54) is 4.52 Å². The standard InChI is InChI=1S/C13H17N5O3/c1-4-5-9(12(20)21)15-11(19)10-16-13-14-7(2)6-8(3)18(13)17-10/h6,9H,4-5H2,1-3H3,(H,15,19)(H,20,21)/t9-/m0/s1. The molecule has 0 saturated heterocycles. The van der Waals surface area contributed by atoms with Crippen molar-refractivity contribution in [2.75, 3.05) is 0 Å². The Morgan fingerprint density at radius 1 is 1.38 bits per heavy atom. The first-order valence-electron chi connectivity index (χ1n) is 6.67. The van der Waals surface area contributed by atoms with Crippen LogP contribution in [0.15, 0.2) is 6.07 Å². The van der Waals surface area contributed by atoms with Crippen molar-refractivity contribution in [2.45, 2.75) is 39.7 Å². The van der Waals surface area contributed by atoms with Crippen LogP contribution < -0.4 is 5.32 Å². The van der Waals surface area contributed by atoms with E-state index in [-0.39, 0.29) is 5.82 Å². The van der Waals surface area contributed by atoms with Gasteiger partial charge in [-0.1, -0.05) is 13.3 Å². The van der Waals surface area contributed by atoms with Gasteiger partial charge < -0.3 is 10.4 Å². The lowest BCUT2D eigenvalue weighted by atomic mass is 10.1. The molecule has 112 valence electrons. The van der Waals surface area contributed by atoms with E-state index in [2.05, 4.69) is 20.4 Å². The molecule has 0 fully saturated rings. The number of aryl methyl sites for hydroxylation is 2. The van der Waals surface area contributed by atoms with Crippen LogP contribution in [-0.4, -0.2) is 42.6 Å². The molecule has 0 unspecified atom stereocenters. The largest absolute Gasteiger partial charge is 0.480 e. The summed E-state index contributed by atoms with van der Waals surface area (Å²) in [4.78, 5) is 31.3. The van der Waals surface area contributed by atoms with E-state index in [0.717, 1.165) is 11.4 Å². The highest BCUT2D eigenvalue weighted by atomic mass is 16.4. The lowest BCUT2D eigenvalue weighted by molar-refractivity contribution is -0.139. The molecule has 0 spiro atoms. The SMILES string of the molecule is CCC[C@H](NC(=O)c1nc2nc(C)cc(C)n2n1)C(=O)O. The summed E-state index contributed by atoms with van der Waals surface area (Å²) in [5, 5.41) is 15.5. The Hall–Kier alpha value is -2.51. The molecular weight excluding hydrogens is 274 g/mol. The summed E-state index contributed by atoms with van der Waals surface area (Å²) < 4.78 is 1.46. The minimum absolute atomic E-state index is 0.0847. The molecule has 2 heterocycles. The van der Waals surface area contributed by atoms with Gasteiger partial charge in [0.2, 0.25) is 5.82 Å². The van der Waals surface area contributed by atoms with Crippen LogP contribution in [0.2, 0.25) is 0 Å². The molecule has 21 heavy (non-hydrogen) atoms. The zero-order valence-electron chi connectivity index (χ0n) is 12.1. The summed E-state index contributed by atoms with van der Waals surface area (Å²) >= 11 is 0. The maximum atomic E-state index is 12.1. The van der Waals surface area contributed by atoms with E-state index in [9.17, 15) is 9.59 Å². The number of rotatable bonds is 5. The maximum Gasteiger partial charge on any atom is 0.326 e. The van der Waals surface area contributed by atoms with E-state index in [0.29, 0.717) is 18.6 Å². The number of fused-ring (bicyclic) bond motifs is 1. The molecule has 0 radical (unpaired) electrons. The first-order valence-corrected chi connectivity index (χ1v) is 6.67. The Morgan fingerprint density at radius 3 is 2.71 bits per heavy atom. The van der Waals surface area contributed by atoms with Crippen LogP contribution in [0, 0.1) is 13.8 Å². The van der Waals surface area contributed by atoms with Gasteiger partial charge in [-0.05, 0) is 26.3 Å². The molecule has 8 nitrogen and oxygen atoms in total. The molecule has 2 aromatic heterocycles. The van der Waals surface area contributed by atoms with Gasteiger partial charge in [-0.15, -0.1) is 5.10 Å². The van der Waals surface area contributed by atoms with Gasteiger partial charge in [-0.3, -0.25) is 4.79 Å². The lowest BCUT2D eigenvalue weighted by Gasteiger charge is -2.11. The molecule has 1 atom stereocenters. The van der Waals surface area contributed by atoms with Crippen LogP contribution in [0.1, 0.15) is 41.8 Å². The molecule has 0 aliphatic carbocycles. The number of carboxylic acid groups (broad SMARTS) is 1. The number of aliphatic carboxylic acids is 1. The molecule has 0 aliphatic heterocycles. The smallest absolute Gasteiger partial charge is 0.326 e. The Kier molecular flexibility index (Phi) is 4.15. The van der Waals surface area contributed by atoms with E-state index in [4.69, 9.17) is 5.11 Å². The van der Waals surface area contributed by atoms with Crippen molar-refractivity contribution in [3.63, 3.8) is 0 Å². The monoisotopic (exact) mass is 291 g/mol. The number of hydrogen-bond donors (Lipinski definition) is 2. The van der Waals surface area contributed by atoms with Crippen molar-refractivity contribution < 1.29 is 14.7 Å². The Bertz CT molecular complexity index is 694. The van der Waals surface area contributed by atoms with Crippen molar-refractivity contribution in [3.05, 3.63) is 23.3 Å². The normalized spacial score (nSPS) is 12.3.